The van der Waals surface area contributed by atoms with Crippen LogP contribution >= 0.6 is 12.6 Å². The van der Waals surface area contributed by atoms with Crippen molar-refractivity contribution in [1.82, 2.24) is 5.32 Å². The molecule has 5 rings (SSSR count). The summed E-state index contributed by atoms with van der Waals surface area (Å²) >= 11 is 4.09. The van der Waals surface area contributed by atoms with Crippen molar-refractivity contribution in [1.29, 1.82) is 0 Å². The number of rotatable bonds is 6. The van der Waals surface area contributed by atoms with E-state index in [1.54, 1.807) is 48.5 Å². The summed E-state index contributed by atoms with van der Waals surface area (Å²) in [4.78, 5) is 38.7. The van der Waals surface area contributed by atoms with Crippen molar-refractivity contribution in [3.8, 4) is 5.75 Å². The van der Waals surface area contributed by atoms with E-state index in [1.165, 1.54) is 0 Å². The Kier molecular flexibility index (Phi) is 5.90. The van der Waals surface area contributed by atoms with Crippen molar-refractivity contribution in [2.24, 2.45) is 0 Å². The molecule has 0 heterocycles. The predicted octanol–water partition coefficient (Wildman–Crippen LogP) is 4.54. The molecule has 0 unspecified atom stereocenters. The standard InChI is InChI=1S/C28H21NO4S/c30-24(29-13-14-34)15-17-9-11-19(12-10-17)33-28-22-8-4-3-7-21(22)26(31)23-16-18-5-1-2-6-20(18)27(32)25(23)28/h1-12,16,34H,13-15H2,(H,29,30). The number of benzene rings is 3. The summed E-state index contributed by atoms with van der Waals surface area (Å²) in [6.45, 7) is 0.519. The molecule has 0 saturated heterocycles. The number of ketones is 2. The molecule has 0 radical (unpaired) electrons. The molecule has 1 N–H and O–H groups in total. The van der Waals surface area contributed by atoms with Gasteiger partial charge >= 0.3 is 0 Å². The molecule has 2 aliphatic carbocycles. The van der Waals surface area contributed by atoms with Crippen LogP contribution in [0.5, 0.6) is 5.75 Å². The molecule has 3 aromatic carbocycles. The molecule has 0 fully saturated rings. The fourth-order valence-electron chi connectivity index (χ4n) is 4.22. The molecule has 6 heteroatoms. The molecule has 34 heavy (non-hydrogen) atoms. The fraction of sp³-hybridized carbons (Fsp3) is 0.107. The second-order valence-corrected chi connectivity index (χ2v) is 8.50. The van der Waals surface area contributed by atoms with Gasteiger partial charge in [0.1, 0.15) is 11.5 Å². The molecule has 1 amide bonds. The average Bonchev–Trinajstić information content (AvgIpc) is 2.86. The minimum atomic E-state index is -0.233. The second-order valence-electron chi connectivity index (χ2n) is 8.05. The van der Waals surface area contributed by atoms with Crippen LogP contribution in [0.15, 0.2) is 83.9 Å². The Balaban J connectivity index is 1.53. The summed E-state index contributed by atoms with van der Waals surface area (Å²) in [5.41, 5.74) is 3.80. The Labute approximate surface area is 202 Å². The zero-order chi connectivity index (χ0) is 23.7. The Morgan fingerprint density at radius 3 is 2.24 bits per heavy atom. The number of thiol groups is 1. The van der Waals surface area contributed by atoms with Gasteiger partial charge in [-0.1, -0.05) is 60.7 Å². The normalized spacial score (nSPS) is 14.1. The smallest absolute Gasteiger partial charge is 0.224 e. The first-order valence-corrected chi connectivity index (χ1v) is 11.6. The molecular formula is C28H21NO4S. The van der Waals surface area contributed by atoms with Crippen LogP contribution in [0.2, 0.25) is 0 Å². The SMILES string of the molecule is O=C(Cc1ccc(OC2=C3C(=O)c4ccccc4C=C3C(=O)c3ccccc32)cc1)NCCS. The van der Waals surface area contributed by atoms with E-state index in [-0.39, 0.29) is 29.5 Å². The maximum absolute atomic E-state index is 13.5. The summed E-state index contributed by atoms with van der Waals surface area (Å²) in [5, 5.41) is 2.79. The Bertz CT molecular complexity index is 1390. The Morgan fingerprint density at radius 1 is 0.824 bits per heavy atom. The Hall–Kier alpha value is -3.90. The fourth-order valence-corrected chi connectivity index (χ4v) is 4.33. The molecule has 0 atom stereocenters. The van der Waals surface area contributed by atoms with Crippen LogP contribution in [-0.4, -0.2) is 29.8 Å². The summed E-state index contributed by atoms with van der Waals surface area (Å²) in [5.74, 6) is 0.956. The lowest BCUT2D eigenvalue weighted by Gasteiger charge is -2.27. The third kappa shape index (κ3) is 3.97. The predicted molar refractivity (Wildman–Crippen MR) is 134 cm³/mol. The lowest BCUT2D eigenvalue weighted by Crippen LogP contribution is -2.26. The monoisotopic (exact) mass is 467 g/mol. The molecule has 3 aromatic rings. The molecule has 0 spiro atoms. The van der Waals surface area contributed by atoms with Crippen molar-refractivity contribution in [2.45, 2.75) is 6.42 Å². The van der Waals surface area contributed by atoms with Gasteiger partial charge in [0.15, 0.2) is 11.6 Å². The number of amides is 1. The molecule has 0 bridgehead atoms. The quantitative estimate of drug-likeness (QED) is 0.522. The number of fused-ring (bicyclic) bond motifs is 3. The molecule has 0 aliphatic heterocycles. The largest absolute Gasteiger partial charge is 0.456 e. The van der Waals surface area contributed by atoms with E-state index < -0.39 is 0 Å². The third-order valence-corrected chi connectivity index (χ3v) is 6.06. The molecular weight excluding hydrogens is 446 g/mol. The average molecular weight is 468 g/mol. The minimum Gasteiger partial charge on any atom is -0.456 e. The maximum atomic E-state index is 13.5. The van der Waals surface area contributed by atoms with E-state index >= 15 is 0 Å². The Morgan fingerprint density at radius 2 is 1.50 bits per heavy atom. The number of Topliss-reactive ketones (excluding diaryl/α,β-unsaturated/α-hetero) is 2. The van der Waals surface area contributed by atoms with Crippen molar-refractivity contribution in [2.75, 3.05) is 12.3 Å². The third-order valence-electron chi connectivity index (χ3n) is 5.83. The van der Waals surface area contributed by atoms with E-state index in [9.17, 15) is 14.4 Å². The van der Waals surface area contributed by atoms with Crippen LogP contribution in [0.4, 0.5) is 0 Å². The second kappa shape index (κ2) is 9.15. The molecule has 0 saturated carbocycles. The van der Waals surface area contributed by atoms with Gasteiger partial charge in [-0.05, 0) is 29.3 Å². The highest BCUT2D eigenvalue weighted by Crippen LogP contribution is 2.41. The van der Waals surface area contributed by atoms with Crippen molar-refractivity contribution in [3.05, 3.63) is 112 Å². The summed E-state index contributed by atoms with van der Waals surface area (Å²) in [7, 11) is 0. The molecule has 2 aliphatic rings. The van der Waals surface area contributed by atoms with Gasteiger partial charge in [0.25, 0.3) is 0 Å². The minimum absolute atomic E-state index is 0.0754. The van der Waals surface area contributed by atoms with Gasteiger partial charge in [0.2, 0.25) is 5.91 Å². The highest BCUT2D eigenvalue weighted by atomic mass is 32.1. The summed E-state index contributed by atoms with van der Waals surface area (Å²) in [6.07, 6.45) is 2.02. The maximum Gasteiger partial charge on any atom is 0.224 e. The highest BCUT2D eigenvalue weighted by molar-refractivity contribution is 7.80. The van der Waals surface area contributed by atoms with Crippen LogP contribution in [-0.2, 0) is 11.2 Å². The molecule has 5 nitrogen and oxygen atoms in total. The topological polar surface area (TPSA) is 72.5 Å². The summed E-state index contributed by atoms with van der Waals surface area (Å²) in [6, 6.07) is 21.5. The van der Waals surface area contributed by atoms with E-state index in [0.717, 1.165) is 11.1 Å². The number of carbonyl (C=O) groups excluding carboxylic acids is 3. The highest BCUT2D eigenvalue weighted by Gasteiger charge is 2.37. The van der Waals surface area contributed by atoms with E-state index in [2.05, 4.69) is 17.9 Å². The van der Waals surface area contributed by atoms with Crippen LogP contribution in [0, 0.1) is 0 Å². The first-order chi connectivity index (χ1) is 16.6. The first-order valence-electron chi connectivity index (χ1n) is 11.0. The number of carbonyl (C=O) groups is 3. The van der Waals surface area contributed by atoms with E-state index in [0.29, 0.717) is 46.1 Å². The van der Waals surface area contributed by atoms with Crippen molar-refractivity contribution in [3.63, 3.8) is 0 Å². The van der Waals surface area contributed by atoms with Gasteiger partial charge in [0, 0.05) is 34.6 Å². The van der Waals surface area contributed by atoms with Crippen LogP contribution < -0.4 is 10.1 Å². The molecule has 0 aromatic heterocycles. The zero-order valence-electron chi connectivity index (χ0n) is 18.2. The van der Waals surface area contributed by atoms with Gasteiger partial charge in [-0.2, -0.15) is 12.6 Å². The van der Waals surface area contributed by atoms with Gasteiger partial charge in [-0.15, -0.1) is 0 Å². The zero-order valence-corrected chi connectivity index (χ0v) is 19.1. The van der Waals surface area contributed by atoms with Gasteiger partial charge in [-0.3, -0.25) is 14.4 Å². The van der Waals surface area contributed by atoms with Gasteiger partial charge < -0.3 is 10.1 Å². The van der Waals surface area contributed by atoms with Crippen LogP contribution in [0.3, 0.4) is 0 Å². The van der Waals surface area contributed by atoms with Crippen LogP contribution in [0.1, 0.15) is 37.4 Å². The van der Waals surface area contributed by atoms with E-state index in [1.807, 2.05) is 30.3 Å². The van der Waals surface area contributed by atoms with Crippen molar-refractivity contribution < 1.29 is 19.1 Å². The number of hydrogen-bond acceptors (Lipinski definition) is 5. The van der Waals surface area contributed by atoms with E-state index in [4.69, 9.17) is 4.74 Å². The number of allylic oxidation sites excluding steroid dienone is 2. The van der Waals surface area contributed by atoms with Gasteiger partial charge in [-0.25, -0.2) is 0 Å². The first kappa shape index (κ1) is 21.9. The van der Waals surface area contributed by atoms with Crippen molar-refractivity contribution >= 4 is 41.9 Å². The lowest BCUT2D eigenvalue weighted by molar-refractivity contribution is -0.120. The van der Waals surface area contributed by atoms with Crippen LogP contribution in [0.25, 0.3) is 11.8 Å². The van der Waals surface area contributed by atoms with Gasteiger partial charge in [0.05, 0.1) is 12.0 Å². The molecule has 168 valence electrons. The number of hydrogen-bond donors (Lipinski definition) is 2. The summed E-state index contributed by atoms with van der Waals surface area (Å²) < 4.78 is 6.27. The lowest BCUT2D eigenvalue weighted by atomic mass is 9.77. The number of ether oxygens (including phenoxy) is 1. The number of nitrogens with one attached hydrogen (secondary N) is 1.